The van der Waals surface area contributed by atoms with Crippen LogP contribution in [0.5, 0.6) is 0 Å². The third-order valence-corrected chi connectivity index (χ3v) is 2.89. The molecule has 1 amide bonds. The van der Waals surface area contributed by atoms with Crippen LogP contribution < -0.4 is 11.1 Å². The molecule has 2 atom stereocenters. The average Bonchev–Trinajstić information content (AvgIpc) is 2.36. The van der Waals surface area contributed by atoms with Crippen LogP contribution in [0.2, 0.25) is 0 Å². The second-order valence-corrected chi connectivity index (χ2v) is 4.45. The van der Waals surface area contributed by atoms with E-state index in [2.05, 4.69) is 12.2 Å². The van der Waals surface area contributed by atoms with Gasteiger partial charge in [0.25, 0.3) is 0 Å². The van der Waals surface area contributed by atoms with Gasteiger partial charge < -0.3 is 11.1 Å². The van der Waals surface area contributed by atoms with Gasteiger partial charge in [-0.1, -0.05) is 50.6 Å². The van der Waals surface area contributed by atoms with Gasteiger partial charge >= 0.3 is 0 Å². The van der Waals surface area contributed by atoms with Gasteiger partial charge in [-0.3, -0.25) is 4.79 Å². The van der Waals surface area contributed by atoms with Crippen molar-refractivity contribution in [2.75, 3.05) is 6.54 Å². The van der Waals surface area contributed by atoms with Gasteiger partial charge in [0.1, 0.15) is 0 Å². The minimum atomic E-state index is -0.131. The number of carbonyl (C=O) groups excluding carboxylic acids is 1. The molecule has 0 aromatic heterocycles. The summed E-state index contributed by atoms with van der Waals surface area (Å²) in [6.07, 6.45) is 1.95. The van der Waals surface area contributed by atoms with Crippen LogP contribution in [0, 0.1) is 5.92 Å². The number of benzene rings is 1. The van der Waals surface area contributed by atoms with Crippen LogP contribution in [0.15, 0.2) is 30.3 Å². The van der Waals surface area contributed by atoms with Crippen LogP contribution in [0.3, 0.4) is 0 Å². The Hall–Kier alpha value is -1.35. The summed E-state index contributed by atoms with van der Waals surface area (Å²) in [5, 5.41) is 2.90. The van der Waals surface area contributed by atoms with E-state index in [4.69, 9.17) is 5.73 Å². The number of hydrogen-bond donors (Lipinski definition) is 2. The minimum absolute atomic E-state index is 0.0722. The molecule has 0 aliphatic rings. The van der Waals surface area contributed by atoms with Crippen LogP contribution in [0.4, 0.5) is 0 Å². The Kier molecular flexibility index (Phi) is 5.70. The lowest BCUT2D eigenvalue weighted by Gasteiger charge is -2.15. The molecule has 1 rings (SSSR count). The van der Waals surface area contributed by atoms with Crippen LogP contribution in [-0.4, -0.2) is 12.5 Å². The Labute approximate surface area is 103 Å². The zero-order valence-electron chi connectivity index (χ0n) is 10.6. The molecular weight excluding hydrogens is 212 g/mol. The van der Waals surface area contributed by atoms with Crippen molar-refractivity contribution in [2.45, 2.75) is 32.7 Å². The Morgan fingerprint density at radius 2 is 2.00 bits per heavy atom. The first-order valence-corrected chi connectivity index (χ1v) is 6.23. The van der Waals surface area contributed by atoms with E-state index in [1.54, 1.807) is 0 Å². The van der Waals surface area contributed by atoms with Crippen molar-refractivity contribution in [3.63, 3.8) is 0 Å². The van der Waals surface area contributed by atoms with Crippen molar-refractivity contribution >= 4 is 5.91 Å². The van der Waals surface area contributed by atoms with Crippen molar-refractivity contribution < 1.29 is 4.79 Å². The number of hydrogen-bond acceptors (Lipinski definition) is 2. The van der Waals surface area contributed by atoms with E-state index in [0.717, 1.165) is 18.4 Å². The quantitative estimate of drug-likeness (QED) is 0.793. The number of nitrogens with two attached hydrogens (primary N) is 1. The topological polar surface area (TPSA) is 55.1 Å². The zero-order valence-corrected chi connectivity index (χ0v) is 10.6. The van der Waals surface area contributed by atoms with Gasteiger partial charge in [-0.05, 0) is 12.0 Å². The summed E-state index contributed by atoms with van der Waals surface area (Å²) in [7, 11) is 0. The minimum Gasteiger partial charge on any atom is -0.354 e. The van der Waals surface area contributed by atoms with Crippen molar-refractivity contribution in [1.29, 1.82) is 0 Å². The molecule has 0 saturated carbocycles. The molecule has 0 heterocycles. The Morgan fingerprint density at radius 1 is 1.35 bits per heavy atom. The maximum atomic E-state index is 11.7. The molecule has 0 radical (unpaired) electrons. The summed E-state index contributed by atoms with van der Waals surface area (Å²) >= 11 is 0. The standard InChI is InChI=1S/C14H22N2O/c1-3-7-11(2)14(17)16-10-13(15)12-8-5-4-6-9-12/h4-6,8-9,11,13H,3,7,10,15H2,1-2H3,(H,16,17). The van der Waals surface area contributed by atoms with Crippen LogP contribution >= 0.6 is 0 Å². The van der Waals surface area contributed by atoms with E-state index < -0.39 is 0 Å². The molecule has 0 aliphatic heterocycles. The largest absolute Gasteiger partial charge is 0.354 e. The maximum Gasteiger partial charge on any atom is 0.222 e. The lowest BCUT2D eigenvalue weighted by atomic mass is 10.0. The molecule has 0 aliphatic carbocycles. The highest BCUT2D eigenvalue weighted by atomic mass is 16.1. The number of rotatable bonds is 6. The van der Waals surface area contributed by atoms with Gasteiger partial charge in [-0.25, -0.2) is 0 Å². The summed E-state index contributed by atoms with van der Waals surface area (Å²) in [6.45, 7) is 4.53. The fourth-order valence-electron chi connectivity index (χ4n) is 1.77. The highest BCUT2D eigenvalue weighted by molar-refractivity contribution is 5.78. The summed E-state index contributed by atoms with van der Waals surface area (Å²) in [5.41, 5.74) is 7.05. The van der Waals surface area contributed by atoms with Crippen molar-refractivity contribution in [3.8, 4) is 0 Å². The van der Waals surface area contributed by atoms with Gasteiger partial charge in [-0.2, -0.15) is 0 Å². The highest BCUT2D eigenvalue weighted by Crippen LogP contribution is 2.09. The molecule has 0 bridgehead atoms. The third-order valence-electron chi connectivity index (χ3n) is 2.89. The molecule has 3 N–H and O–H groups in total. The van der Waals surface area contributed by atoms with Crippen molar-refractivity contribution in [2.24, 2.45) is 11.7 Å². The van der Waals surface area contributed by atoms with Gasteiger partial charge in [0.15, 0.2) is 0 Å². The Balaban J connectivity index is 2.38. The van der Waals surface area contributed by atoms with Gasteiger partial charge in [0, 0.05) is 18.5 Å². The second-order valence-electron chi connectivity index (χ2n) is 4.45. The summed E-state index contributed by atoms with van der Waals surface area (Å²) < 4.78 is 0. The molecule has 1 aromatic carbocycles. The predicted molar refractivity (Wildman–Crippen MR) is 70.5 cm³/mol. The first kappa shape index (κ1) is 13.7. The van der Waals surface area contributed by atoms with E-state index in [0.29, 0.717) is 6.54 Å². The lowest BCUT2D eigenvalue weighted by Crippen LogP contribution is -2.35. The molecule has 2 unspecified atom stereocenters. The van der Waals surface area contributed by atoms with E-state index in [9.17, 15) is 4.79 Å². The fourth-order valence-corrected chi connectivity index (χ4v) is 1.77. The third kappa shape index (κ3) is 4.57. The van der Waals surface area contributed by atoms with Crippen LogP contribution in [0.25, 0.3) is 0 Å². The number of nitrogens with one attached hydrogen (secondary N) is 1. The Morgan fingerprint density at radius 3 is 2.59 bits per heavy atom. The van der Waals surface area contributed by atoms with E-state index >= 15 is 0 Å². The summed E-state index contributed by atoms with van der Waals surface area (Å²) in [5.74, 6) is 0.168. The normalized spacial score (nSPS) is 14.1. The molecule has 17 heavy (non-hydrogen) atoms. The lowest BCUT2D eigenvalue weighted by molar-refractivity contribution is -0.124. The summed E-state index contributed by atoms with van der Waals surface area (Å²) in [6, 6.07) is 9.69. The Bertz CT molecular complexity index is 337. The van der Waals surface area contributed by atoms with Gasteiger partial charge in [0.2, 0.25) is 5.91 Å². The van der Waals surface area contributed by atoms with E-state index in [-0.39, 0.29) is 17.9 Å². The second kappa shape index (κ2) is 7.07. The SMILES string of the molecule is CCCC(C)C(=O)NCC(N)c1ccccc1. The molecule has 3 nitrogen and oxygen atoms in total. The van der Waals surface area contributed by atoms with Crippen molar-refractivity contribution in [3.05, 3.63) is 35.9 Å². The molecule has 3 heteroatoms. The average molecular weight is 234 g/mol. The van der Waals surface area contributed by atoms with Gasteiger partial charge in [0.05, 0.1) is 0 Å². The molecule has 0 spiro atoms. The summed E-state index contributed by atoms with van der Waals surface area (Å²) in [4.78, 5) is 11.7. The van der Waals surface area contributed by atoms with Crippen molar-refractivity contribution in [1.82, 2.24) is 5.32 Å². The smallest absolute Gasteiger partial charge is 0.222 e. The molecule has 94 valence electrons. The van der Waals surface area contributed by atoms with Crippen LogP contribution in [-0.2, 0) is 4.79 Å². The first-order valence-electron chi connectivity index (χ1n) is 6.23. The monoisotopic (exact) mass is 234 g/mol. The number of amides is 1. The first-order chi connectivity index (χ1) is 8.15. The predicted octanol–water partition coefficient (Wildman–Crippen LogP) is 2.24. The maximum absolute atomic E-state index is 11.7. The van der Waals surface area contributed by atoms with Crippen LogP contribution in [0.1, 0.15) is 38.3 Å². The molecule has 0 saturated heterocycles. The fraction of sp³-hybridized carbons (Fsp3) is 0.500. The highest BCUT2D eigenvalue weighted by Gasteiger charge is 2.13. The molecular formula is C14H22N2O. The zero-order chi connectivity index (χ0) is 12.7. The number of carbonyl (C=O) groups is 1. The molecule has 1 aromatic rings. The molecule has 0 fully saturated rings. The van der Waals surface area contributed by atoms with E-state index in [1.807, 2.05) is 37.3 Å². The van der Waals surface area contributed by atoms with E-state index in [1.165, 1.54) is 0 Å². The van der Waals surface area contributed by atoms with Gasteiger partial charge in [-0.15, -0.1) is 0 Å².